The van der Waals surface area contributed by atoms with Crippen molar-refractivity contribution in [2.24, 2.45) is 11.8 Å². The van der Waals surface area contributed by atoms with Gasteiger partial charge in [0.15, 0.2) is 6.29 Å². The molecule has 0 aromatic carbocycles. The van der Waals surface area contributed by atoms with E-state index >= 15 is 0 Å². The Hall–Kier alpha value is -0.650. The SMILES string of the molecule is CCCCCCCOC1CCC(C2OCC(C(=O)O)CO2)CC1. The van der Waals surface area contributed by atoms with E-state index in [2.05, 4.69) is 6.92 Å². The number of hydrogen-bond donors (Lipinski definition) is 1. The summed E-state index contributed by atoms with van der Waals surface area (Å²) >= 11 is 0. The van der Waals surface area contributed by atoms with Crippen molar-refractivity contribution in [3.05, 3.63) is 0 Å². The molecule has 1 aliphatic heterocycles. The lowest BCUT2D eigenvalue weighted by atomic mass is 9.86. The minimum atomic E-state index is -0.834. The number of rotatable bonds is 9. The summed E-state index contributed by atoms with van der Waals surface area (Å²) in [6.07, 6.45) is 10.7. The van der Waals surface area contributed by atoms with Crippen molar-refractivity contribution in [3.8, 4) is 0 Å². The van der Waals surface area contributed by atoms with Crippen molar-refractivity contribution in [2.45, 2.75) is 77.1 Å². The number of hydrogen-bond acceptors (Lipinski definition) is 4. The predicted octanol–water partition coefficient (Wildman–Crippen LogP) is 3.61. The smallest absolute Gasteiger partial charge is 0.311 e. The van der Waals surface area contributed by atoms with Gasteiger partial charge in [0, 0.05) is 12.5 Å². The van der Waals surface area contributed by atoms with Crippen molar-refractivity contribution in [1.29, 1.82) is 0 Å². The van der Waals surface area contributed by atoms with Gasteiger partial charge in [0.1, 0.15) is 5.92 Å². The van der Waals surface area contributed by atoms with Crippen LogP contribution in [0.4, 0.5) is 0 Å². The fourth-order valence-electron chi connectivity index (χ4n) is 3.42. The minimum Gasteiger partial charge on any atom is -0.481 e. The average molecular weight is 328 g/mol. The summed E-state index contributed by atoms with van der Waals surface area (Å²) in [6, 6.07) is 0. The fourth-order valence-corrected chi connectivity index (χ4v) is 3.42. The number of ether oxygens (including phenoxy) is 3. The van der Waals surface area contributed by atoms with Gasteiger partial charge in [0.25, 0.3) is 0 Å². The molecule has 1 N–H and O–H groups in total. The van der Waals surface area contributed by atoms with E-state index in [4.69, 9.17) is 19.3 Å². The molecule has 23 heavy (non-hydrogen) atoms. The predicted molar refractivity (Wildman–Crippen MR) is 87.3 cm³/mol. The first-order valence-corrected chi connectivity index (χ1v) is 9.28. The summed E-state index contributed by atoms with van der Waals surface area (Å²) in [4.78, 5) is 10.9. The summed E-state index contributed by atoms with van der Waals surface area (Å²) in [7, 11) is 0. The highest BCUT2D eigenvalue weighted by molar-refractivity contribution is 5.70. The Kier molecular flexibility index (Phi) is 8.34. The largest absolute Gasteiger partial charge is 0.481 e. The van der Waals surface area contributed by atoms with Gasteiger partial charge in [-0.3, -0.25) is 4.79 Å². The van der Waals surface area contributed by atoms with Gasteiger partial charge in [-0.15, -0.1) is 0 Å². The summed E-state index contributed by atoms with van der Waals surface area (Å²) in [5.74, 6) is -0.965. The highest BCUT2D eigenvalue weighted by atomic mass is 16.7. The molecule has 0 atom stereocenters. The molecule has 5 heteroatoms. The third kappa shape index (κ3) is 6.40. The summed E-state index contributed by atoms with van der Waals surface area (Å²) in [5, 5.41) is 8.94. The zero-order valence-corrected chi connectivity index (χ0v) is 14.4. The molecular formula is C18H32O5. The first-order chi connectivity index (χ1) is 11.2. The second kappa shape index (κ2) is 10.3. The van der Waals surface area contributed by atoms with Crippen LogP contribution in [0.2, 0.25) is 0 Å². The van der Waals surface area contributed by atoms with Gasteiger partial charge in [-0.25, -0.2) is 0 Å². The average Bonchev–Trinajstić information content (AvgIpc) is 2.58. The van der Waals surface area contributed by atoms with Crippen LogP contribution < -0.4 is 0 Å². The van der Waals surface area contributed by atoms with Crippen LogP contribution >= 0.6 is 0 Å². The number of aliphatic carboxylic acids is 1. The Morgan fingerprint density at radius 3 is 2.30 bits per heavy atom. The van der Waals surface area contributed by atoms with E-state index in [1.807, 2.05) is 0 Å². The third-order valence-electron chi connectivity index (χ3n) is 4.98. The van der Waals surface area contributed by atoms with E-state index in [-0.39, 0.29) is 19.5 Å². The molecular weight excluding hydrogens is 296 g/mol. The van der Waals surface area contributed by atoms with Crippen LogP contribution in [0.5, 0.6) is 0 Å². The van der Waals surface area contributed by atoms with Gasteiger partial charge < -0.3 is 19.3 Å². The van der Waals surface area contributed by atoms with Gasteiger partial charge in [0.2, 0.25) is 0 Å². The summed E-state index contributed by atoms with van der Waals surface area (Å²) in [6.45, 7) is 3.66. The zero-order chi connectivity index (χ0) is 16.5. The second-order valence-corrected chi connectivity index (χ2v) is 6.89. The molecule has 1 saturated heterocycles. The van der Waals surface area contributed by atoms with Crippen LogP contribution in [0, 0.1) is 11.8 Å². The Labute approximate surface area is 139 Å². The first kappa shape index (κ1) is 18.7. The maximum absolute atomic E-state index is 10.9. The molecule has 0 aromatic rings. The van der Waals surface area contributed by atoms with Crippen LogP contribution in [0.25, 0.3) is 0 Å². The molecule has 0 radical (unpaired) electrons. The maximum Gasteiger partial charge on any atom is 0.311 e. The van der Waals surface area contributed by atoms with Gasteiger partial charge in [-0.05, 0) is 32.1 Å². The van der Waals surface area contributed by atoms with Crippen molar-refractivity contribution in [3.63, 3.8) is 0 Å². The van der Waals surface area contributed by atoms with Crippen LogP contribution in [0.1, 0.15) is 64.7 Å². The molecule has 1 saturated carbocycles. The lowest BCUT2D eigenvalue weighted by molar-refractivity contribution is -0.232. The molecule has 134 valence electrons. The number of carboxylic acid groups (broad SMARTS) is 1. The lowest BCUT2D eigenvalue weighted by Crippen LogP contribution is -2.41. The highest BCUT2D eigenvalue weighted by Gasteiger charge is 2.34. The molecule has 0 unspecified atom stereocenters. The molecule has 2 fully saturated rings. The molecule has 0 bridgehead atoms. The second-order valence-electron chi connectivity index (χ2n) is 6.89. The van der Waals surface area contributed by atoms with Gasteiger partial charge >= 0.3 is 5.97 Å². The zero-order valence-electron chi connectivity index (χ0n) is 14.4. The monoisotopic (exact) mass is 328 g/mol. The first-order valence-electron chi connectivity index (χ1n) is 9.28. The molecule has 2 aliphatic rings. The topological polar surface area (TPSA) is 65.0 Å². The van der Waals surface area contributed by atoms with Crippen molar-refractivity contribution in [1.82, 2.24) is 0 Å². The van der Waals surface area contributed by atoms with Crippen molar-refractivity contribution < 1.29 is 24.1 Å². The lowest BCUT2D eigenvalue weighted by Gasteiger charge is -2.36. The Balaban J connectivity index is 1.55. The van der Waals surface area contributed by atoms with Gasteiger partial charge in [-0.2, -0.15) is 0 Å². The third-order valence-corrected chi connectivity index (χ3v) is 4.98. The molecule has 1 aliphatic carbocycles. The molecule has 2 rings (SSSR count). The van der Waals surface area contributed by atoms with Gasteiger partial charge in [0.05, 0.1) is 19.3 Å². The number of carbonyl (C=O) groups is 1. The Bertz CT molecular complexity index is 330. The maximum atomic E-state index is 10.9. The quantitative estimate of drug-likeness (QED) is 0.655. The van der Waals surface area contributed by atoms with Crippen LogP contribution in [-0.4, -0.2) is 43.3 Å². The van der Waals surface area contributed by atoms with E-state index in [1.54, 1.807) is 0 Å². The van der Waals surface area contributed by atoms with Gasteiger partial charge in [-0.1, -0.05) is 32.6 Å². The minimum absolute atomic E-state index is 0.222. The molecule has 1 heterocycles. The van der Waals surface area contributed by atoms with Crippen molar-refractivity contribution >= 4 is 5.97 Å². The summed E-state index contributed by atoms with van der Waals surface area (Å²) in [5.41, 5.74) is 0. The Morgan fingerprint density at radius 2 is 1.70 bits per heavy atom. The van der Waals surface area contributed by atoms with Crippen LogP contribution in [-0.2, 0) is 19.0 Å². The van der Waals surface area contributed by atoms with E-state index in [0.717, 1.165) is 32.3 Å². The number of unbranched alkanes of at least 4 members (excludes halogenated alkanes) is 4. The highest BCUT2D eigenvalue weighted by Crippen LogP contribution is 2.32. The number of carboxylic acids is 1. The normalized spacial score (nSPS) is 31.9. The van der Waals surface area contributed by atoms with E-state index < -0.39 is 11.9 Å². The molecule has 0 amide bonds. The molecule has 5 nitrogen and oxygen atoms in total. The van der Waals surface area contributed by atoms with E-state index in [0.29, 0.717) is 12.0 Å². The van der Waals surface area contributed by atoms with E-state index in [1.165, 1.54) is 32.1 Å². The molecule has 0 aromatic heterocycles. The standard InChI is InChI=1S/C18H32O5/c1-2-3-4-5-6-11-21-16-9-7-14(8-10-16)18-22-12-15(13-23-18)17(19)20/h14-16,18H,2-13H2,1H3,(H,19,20). The molecule has 0 spiro atoms. The van der Waals surface area contributed by atoms with E-state index in [9.17, 15) is 4.79 Å². The van der Waals surface area contributed by atoms with Crippen LogP contribution in [0.3, 0.4) is 0 Å². The van der Waals surface area contributed by atoms with Crippen LogP contribution in [0.15, 0.2) is 0 Å². The van der Waals surface area contributed by atoms with Crippen molar-refractivity contribution in [2.75, 3.05) is 19.8 Å². The fraction of sp³-hybridized carbons (Fsp3) is 0.944. The Morgan fingerprint density at radius 1 is 1.04 bits per heavy atom. The summed E-state index contributed by atoms with van der Waals surface area (Å²) < 4.78 is 17.2.